The van der Waals surface area contributed by atoms with Crippen LogP contribution in [0.5, 0.6) is 0 Å². The van der Waals surface area contributed by atoms with Crippen LogP contribution in [-0.4, -0.2) is 41.6 Å². The van der Waals surface area contributed by atoms with Crippen molar-refractivity contribution in [3.8, 4) is 0 Å². The van der Waals surface area contributed by atoms with Crippen molar-refractivity contribution < 1.29 is 14.7 Å². The number of carbonyl (C=O) groups is 2. The van der Waals surface area contributed by atoms with Crippen LogP contribution < -0.4 is 5.32 Å². The van der Waals surface area contributed by atoms with Crippen molar-refractivity contribution in [1.29, 1.82) is 0 Å². The number of carboxylic acid groups (broad SMARTS) is 1. The van der Waals surface area contributed by atoms with Crippen molar-refractivity contribution in [3.63, 3.8) is 0 Å². The molecule has 2 amide bonds. The van der Waals surface area contributed by atoms with Crippen molar-refractivity contribution in [2.24, 2.45) is 5.92 Å². The molecule has 2 rings (SSSR count). The molecule has 1 aromatic heterocycles. The molecule has 19 heavy (non-hydrogen) atoms. The average Bonchev–Trinajstić information content (AvgIpc) is 3.02. The van der Waals surface area contributed by atoms with E-state index in [1.807, 2.05) is 16.8 Å². The minimum Gasteiger partial charge on any atom is -0.480 e. The fraction of sp³-hybridized carbons (Fsp3) is 0.538. The fourth-order valence-electron chi connectivity index (χ4n) is 1.86. The quantitative estimate of drug-likeness (QED) is 0.801. The van der Waals surface area contributed by atoms with E-state index in [2.05, 4.69) is 5.32 Å². The van der Waals surface area contributed by atoms with Gasteiger partial charge in [-0.1, -0.05) is 0 Å². The lowest BCUT2D eigenvalue weighted by molar-refractivity contribution is -0.137. The van der Waals surface area contributed by atoms with Crippen LogP contribution in [-0.2, 0) is 11.2 Å². The van der Waals surface area contributed by atoms with Gasteiger partial charge < -0.3 is 15.3 Å². The second-order valence-corrected chi connectivity index (χ2v) is 5.61. The summed E-state index contributed by atoms with van der Waals surface area (Å²) >= 11 is 1.63. The first-order valence-corrected chi connectivity index (χ1v) is 7.35. The van der Waals surface area contributed by atoms with Gasteiger partial charge in [-0.05, 0) is 47.6 Å². The molecule has 0 saturated heterocycles. The second-order valence-electron chi connectivity index (χ2n) is 4.83. The van der Waals surface area contributed by atoms with Crippen molar-refractivity contribution >= 4 is 23.3 Å². The summed E-state index contributed by atoms with van der Waals surface area (Å²) in [7, 11) is 0. The van der Waals surface area contributed by atoms with E-state index in [0.29, 0.717) is 19.0 Å². The molecule has 1 aliphatic carbocycles. The zero-order valence-electron chi connectivity index (χ0n) is 10.7. The van der Waals surface area contributed by atoms with Crippen LogP contribution in [0.4, 0.5) is 4.79 Å². The Hall–Kier alpha value is -1.56. The van der Waals surface area contributed by atoms with E-state index in [4.69, 9.17) is 5.11 Å². The first-order chi connectivity index (χ1) is 9.15. The molecule has 1 fully saturated rings. The van der Waals surface area contributed by atoms with Gasteiger partial charge in [0.2, 0.25) is 0 Å². The van der Waals surface area contributed by atoms with Gasteiger partial charge in [-0.2, -0.15) is 11.3 Å². The summed E-state index contributed by atoms with van der Waals surface area (Å²) < 4.78 is 0. The van der Waals surface area contributed by atoms with E-state index in [0.717, 1.165) is 19.3 Å². The number of thiophene rings is 1. The van der Waals surface area contributed by atoms with Crippen LogP contribution in [0.15, 0.2) is 16.8 Å². The van der Waals surface area contributed by atoms with Crippen LogP contribution in [0, 0.1) is 5.92 Å². The molecule has 0 bridgehead atoms. The van der Waals surface area contributed by atoms with Crippen molar-refractivity contribution in [1.82, 2.24) is 10.2 Å². The highest BCUT2D eigenvalue weighted by molar-refractivity contribution is 7.07. The number of amides is 2. The topological polar surface area (TPSA) is 69.6 Å². The predicted molar refractivity (Wildman–Crippen MR) is 73.4 cm³/mol. The Kier molecular flexibility index (Phi) is 4.79. The molecule has 1 heterocycles. The monoisotopic (exact) mass is 282 g/mol. The van der Waals surface area contributed by atoms with Crippen LogP contribution in [0.2, 0.25) is 0 Å². The normalized spacial score (nSPS) is 14.1. The Morgan fingerprint density at radius 2 is 2.26 bits per heavy atom. The largest absolute Gasteiger partial charge is 0.480 e. The first kappa shape index (κ1) is 13.9. The summed E-state index contributed by atoms with van der Waals surface area (Å²) in [6, 6.07) is 1.75. The summed E-state index contributed by atoms with van der Waals surface area (Å²) in [6.45, 7) is 0.869. The molecule has 1 aromatic rings. The van der Waals surface area contributed by atoms with Crippen molar-refractivity contribution in [2.75, 3.05) is 19.6 Å². The second kappa shape index (κ2) is 6.56. The number of rotatable bonds is 7. The molecular formula is C13H18N2O3S. The number of hydrogen-bond donors (Lipinski definition) is 2. The standard InChI is InChI=1S/C13H18N2O3S/c16-12(17)8-15(7-10-1-2-10)13(18)14-5-3-11-4-6-19-9-11/h4,6,9-10H,1-3,5,7-8H2,(H,14,18)(H,16,17). The minimum atomic E-state index is -0.964. The molecule has 0 radical (unpaired) electrons. The number of carboxylic acids is 1. The summed E-state index contributed by atoms with van der Waals surface area (Å²) in [5.74, 6) is -0.476. The van der Waals surface area contributed by atoms with Gasteiger partial charge in [0.05, 0.1) is 0 Å². The molecule has 0 atom stereocenters. The van der Waals surface area contributed by atoms with E-state index in [9.17, 15) is 9.59 Å². The van der Waals surface area contributed by atoms with E-state index >= 15 is 0 Å². The van der Waals surface area contributed by atoms with Gasteiger partial charge in [0.15, 0.2) is 0 Å². The maximum absolute atomic E-state index is 11.9. The third-order valence-corrected chi connectivity index (χ3v) is 3.79. The number of carbonyl (C=O) groups excluding carboxylic acids is 1. The van der Waals surface area contributed by atoms with E-state index in [1.54, 1.807) is 11.3 Å². The van der Waals surface area contributed by atoms with Crippen LogP contribution in [0.3, 0.4) is 0 Å². The van der Waals surface area contributed by atoms with Gasteiger partial charge in [0.1, 0.15) is 6.54 Å². The predicted octanol–water partition coefficient (Wildman–Crippen LogP) is 1.80. The molecule has 1 saturated carbocycles. The zero-order valence-corrected chi connectivity index (χ0v) is 11.5. The van der Waals surface area contributed by atoms with Gasteiger partial charge in [0, 0.05) is 13.1 Å². The Balaban J connectivity index is 1.75. The molecule has 2 N–H and O–H groups in total. The zero-order chi connectivity index (χ0) is 13.7. The van der Waals surface area contributed by atoms with E-state index in [1.165, 1.54) is 10.5 Å². The number of urea groups is 1. The molecule has 0 aromatic carbocycles. The molecular weight excluding hydrogens is 264 g/mol. The molecule has 104 valence electrons. The lowest BCUT2D eigenvalue weighted by Gasteiger charge is -2.20. The SMILES string of the molecule is O=C(O)CN(CC1CC1)C(=O)NCCc1ccsc1. The van der Waals surface area contributed by atoms with E-state index < -0.39 is 5.97 Å². The summed E-state index contributed by atoms with van der Waals surface area (Å²) in [5.41, 5.74) is 1.19. The molecule has 0 spiro atoms. The summed E-state index contributed by atoms with van der Waals surface area (Å²) in [5, 5.41) is 15.7. The molecule has 0 aliphatic heterocycles. The van der Waals surface area contributed by atoms with Gasteiger partial charge in [-0.25, -0.2) is 4.79 Å². The number of aliphatic carboxylic acids is 1. The lowest BCUT2D eigenvalue weighted by atomic mass is 10.2. The van der Waals surface area contributed by atoms with Crippen LogP contribution in [0.25, 0.3) is 0 Å². The lowest BCUT2D eigenvalue weighted by Crippen LogP contribution is -2.44. The number of nitrogens with zero attached hydrogens (tertiary/aromatic N) is 1. The number of nitrogens with one attached hydrogen (secondary N) is 1. The van der Waals surface area contributed by atoms with Gasteiger partial charge >= 0.3 is 12.0 Å². The van der Waals surface area contributed by atoms with E-state index in [-0.39, 0.29) is 12.6 Å². The highest BCUT2D eigenvalue weighted by Crippen LogP contribution is 2.29. The maximum Gasteiger partial charge on any atom is 0.323 e. The molecule has 6 heteroatoms. The summed E-state index contributed by atoms with van der Waals surface area (Å²) in [6.07, 6.45) is 2.97. The van der Waals surface area contributed by atoms with Crippen molar-refractivity contribution in [2.45, 2.75) is 19.3 Å². The number of hydrogen-bond acceptors (Lipinski definition) is 3. The third kappa shape index (κ3) is 4.90. The Morgan fingerprint density at radius 3 is 2.84 bits per heavy atom. The molecule has 1 aliphatic rings. The highest BCUT2D eigenvalue weighted by Gasteiger charge is 2.27. The molecule has 0 unspecified atom stereocenters. The smallest absolute Gasteiger partial charge is 0.323 e. The van der Waals surface area contributed by atoms with Gasteiger partial charge in [0.25, 0.3) is 0 Å². The van der Waals surface area contributed by atoms with Crippen LogP contribution >= 0.6 is 11.3 Å². The Labute approximate surface area is 116 Å². The first-order valence-electron chi connectivity index (χ1n) is 6.41. The van der Waals surface area contributed by atoms with Gasteiger partial charge in [-0.15, -0.1) is 0 Å². The molecule has 5 nitrogen and oxygen atoms in total. The Morgan fingerprint density at radius 1 is 1.47 bits per heavy atom. The minimum absolute atomic E-state index is 0.221. The van der Waals surface area contributed by atoms with Gasteiger partial charge in [-0.3, -0.25) is 4.79 Å². The Bertz CT molecular complexity index is 429. The third-order valence-electron chi connectivity index (χ3n) is 3.06. The summed E-state index contributed by atoms with van der Waals surface area (Å²) in [4.78, 5) is 24.1. The fourth-order valence-corrected chi connectivity index (χ4v) is 2.56. The van der Waals surface area contributed by atoms with Crippen molar-refractivity contribution in [3.05, 3.63) is 22.4 Å². The highest BCUT2D eigenvalue weighted by atomic mass is 32.1. The maximum atomic E-state index is 11.9. The average molecular weight is 282 g/mol. The van der Waals surface area contributed by atoms with Crippen LogP contribution in [0.1, 0.15) is 18.4 Å².